The summed E-state index contributed by atoms with van der Waals surface area (Å²) in [5.41, 5.74) is 8.36. The molecule has 162 valence electrons. The van der Waals surface area contributed by atoms with Gasteiger partial charge < -0.3 is 9.73 Å². The molecule has 4 rings (SSSR count). The van der Waals surface area contributed by atoms with Gasteiger partial charge in [-0.15, -0.1) is 16.4 Å². The monoisotopic (exact) mass is 428 g/mol. The summed E-state index contributed by atoms with van der Waals surface area (Å²) in [6, 6.07) is 8.92. The molecule has 7 nitrogen and oxygen atoms in total. The third kappa shape index (κ3) is 5.63. The quantitative estimate of drug-likeness (QED) is 0.350. The third-order valence-electron chi connectivity index (χ3n) is 6.22. The van der Waals surface area contributed by atoms with E-state index in [1.807, 2.05) is 12.1 Å². The lowest BCUT2D eigenvalue weighted by Gasteiger charge is -2.39. The van der Waals surface area contributed by atoms with Crippen LogP contribution in [0.15, 0.2) is 50.7 Å². The maximum Gasteiger partial charge on any atom is 0.117 e. The van der Waals surface area contributed by atoms with Gasteiger partial charge in [-0.2, -0.15) is 5.53 Å². The first-order valence-electron chi connectivity index (χ1n) is 11.0. The summed E-state index contributed by atoms with van der Waals surface area (Å²) >= 11 is 1.76. The SMILES string of the molecule is N=N/N=C(\CNC1CCCCC1)C(c1cccs1)N1CCN(Cc2ccco2)CC1. The smallest absolute Gasteiger partial charge is 0.117 e. The fraction of sp³-hybridized carbons (Fsp3) is 0.591. The maximum absolute atomic E-state index is 7.41. The molecule has 1 saturated carbocycles. The predicted molar refractivity (Wildman–Crippen MR) is 120 cm³/mol. The second-order valence-electron chi connectivity index (χ2n) is 8.22. The van der Waals surface area contributed by atoms with E-state index in [0.29, 0.717) is 12.6 Å². The van der Waals surface area contributed by atoms with Crippen molar-refractivity contribution < 1.29 is 4.42 Å². The van der Waals surface area contributed by atoms with E-state index in [2.05, 4.69) is 43.0 Å². The molecule has 0 amide bonds. The van der Waals surface area contributed by atoms with Crippen molar-refractivity contribution in [2.24, 2.45) is 10.3 Å². The van der Waals surface area contributed by atoms with Crippen LogP contribution in [0, 0.1) is 5.53 Å². The average Bonchev–Trinajstić information content (AvgIpc) is 3.49. The molecule has 1 aliphatic carbocycles. The molecule has 1 atom stereocenters. The van der Waals surface area contributed by atoms with Gasteiger partial charge in [0, 0.05) is 43.6 Å². The van der Waals surface area contributed by atoms with Gasteiger partial charge in [-0.05, 0) is 36.4 Å². The van der Waals surface area contributed by atoms with Crippen molar-refractivity contribution in [3.05, 3.63) is 46.5 Å². The van der Waals surface area contributed by atoms with Gasteiger partial charge in [0.15, 0.2) is 0 Å². The number of hydrogen-bond donors (Lipinski definition) is 2. The summed E-state index contributed by atoms with van der Waals surface area (Å²) in [5.74, 6) is 1.02. The van der Waals surface area contributed by atoms with Crippen molar-refractivity contribution >= 4 is 17.0 Å². The highest BCUT2D eigenvalue weighted by atomic mass is 32.1. The molecule has 0 radical (unpaired) electrons. The van der Waals surface area contributed by atoms with Crippen LogP contribution in [0.5, 0.6) is 0 Å². The minimum Gasteiger partial charge on any atom is -0.468 e. The van der Waals surface area contributed by atoms with Crippen LogP contribution in [0.25, 0.3) is 0 Å². The maximum atomic E-state index is 7.41. The minimum absolute atomic E-state index is 0.0842. The van der Waals surface area contributed by atoms with Crippen LogP contribution in [-0.4, -0.2) is 54.3 Å². The summed E-state index contributed by atoms with van der Waals surface area (Å²) in [4.78, 5) is 6.21. The molecular formula is C22H32N6OS. The summed E-state index contributed by atoms with van der Waals surface area (Å²) < 4.78 is 5.51. The van der Waals surface area contributed by atoms with Gasteiger partial charge in [-0.1, -0.05) is 30.6 Å². The zero-order chi connectivity index (χ0) is 20.6. The Morgan fingerprint density at radius 2 is 2.00 bits per heavy atom. The fourth-order valence-electron chi connectivity index (χ4n) is 4.61. The second kappa shape index (κ2) is 10.9. The molecule has 0 spiro atoms. The van der Waals surface area contributed by atoms with E-state index >= 15 is 0 Å². The average molecular weight is 429 g/mol. The van der Waals surface area contributed by atoms with Gasteiger partial charge in [0.1, 0.15) is 5.76 Å². The highest BCUT2D eigenvalue weighted by Gasteiger charge is 2.30. The van der Waals surface area contributed by atoms with E-state index in [0.717, 1.165) is 44.2 Å². The Labute approximate surface area is 182 Å². The highest BCUT2D eigenvalue weighted by molar-refractivity contribution is 7.10. The Kier molecular flexibility index (Phi) is 7.80. The standard InChI is InChI=1S/C22H32N6OS/c23-26-25-20(16-24-18-6-2-1-3-7-18)22(21-9-5-15-30-21)28-12-10-27(11-13-28)17-19-8-4-14-29-19/h4-5,8-9,14-15,18,22-24H,1-3,6-7,10-13,16-17H2/b25-20+,26-23?. The van der Waals surface area contributed by atoms with Crippen molar-refractivity contribution in [1.82, 2.24) is 15.1 Å². The summed E-state index contributed by atoms with van der Waals surface area (Å²) in [5, 5.41) is 13.6. The van der Waals surface area contributed by atoms with Crippen LogP contribution < -0.4 is 5.32 Å². The molecule has 1 aliphatic heterocycles. The first kappa shape index (κ1) is 21.4. The normalized spacial score (nSPS) is 21.0. The van der Waals surface area contributed by atoms with Gasteiger partial charge in [0.25, 0.3) is 0 Å². The van der Waals surface area contributed by atoms with Crippen molar-refractivity contribution in [2.75, 3.05) is 32.7 Å². The second-order valence-corrected chi connectivity index (χ2v) is 9.20. The predicted octanol–water partition coefficient (Wildman–Crippen LogP) is 4.51. The summed E-state index contributed by atoms with van der Waals surface area (Å²) in [7, 11) is 0. The molecule has 0 aromatic carbocycles. The van der Waals surface area contributed by atoms with E-state index in [4.69, 9.17) is 9.95 Å². The minimum atomic E-state index is 0.0842. The van der Waals surface area contributed by atoms with E-state index in [1.165, 1.54) is 37.0 Å². The highest BCUT2D eigenvalue weighted by Crippen LogP contribution is 2.28. The van der Waals surface area contributed by atoms with E-state index < -0.39 is 0 Å². The number of piperazine rings is 1. The molecule has 3 heterocycles. The first-order valence-corrected chi connectivity index (χ1v) is 11.9. The van der Waals surface area contributed by atoms with Gasteiger partial charge in [0.05, 0.1) is 24.6 Å². The number of nitrogens with one attached hydrogen (secondary N) is 2. The number of thiophene rings is 1. The molecule has 1 unspecified atom stereocenters. The molecule has 30 heavy (non-hydrogen) atoms. The van der Waals surface area contributed by atoms with Crippen LogP contribution in [0.1, 0.15) is 48.8 Å². The van der Waals surface area contributed by atoms with Crippen molar-refractivity contribution in [3.63, 3.8) is 0 Å². The van der Waals surface area contributed by atoms with Crippen molar-refractivity contribution in [3.8, 4) is 0 Å². The Morgan fingerprint density at radius 3 is 2.67 bits per heavy atom. The molecule has 2 aromatic rings. The van der Waals surface area contributed by atoms with E-state index in [1.54, 1.807) is 17.6 Å². The number of hydrogen-bond acceptors (Lipinski definition) is 7. The van der Waals surface area contributed by atoms with Crippen LogP contribution >= 0.6 is 11.3 Å². The van der Waals surface area contributed by atoms with E-state index in [-0.39, 0.29) is 6.04 Å². The molecule has 0 bridgehead atoms. The lowest BCUT2D eigenvalue weighted by molar-refractivity contribution is 0.107. The summed E-state index contributed by atoms with van der Waals surface area (Å²) in [6.07, 6.45) is 8.17. The number of rotatable bonds is 9. The molecule has 2 fully saturated rings. The molecule has 8 heteroatoms. The van der Waals surface area contributed by atoms with Gasteiger partial charge >= 0.3 is 0 Å². The lowest BCUT2D eigenvalue weighted by atomic mass is 9.95. The Hall–Kier alpha value is -1.87. The molecule has 2 N–H and O–H groups in total. The Bertz CT molecular complexity index is 777. The lowest BCUT2D eigenvalue weighted by Crippen LogP contribution is -2.50. The zero-order valence-electron chi connectivity index (χ0n) is 17.5. The van der Waals surface area contributed by atoms with Crippen LogP contribution in [0.4, 0.5) is 0 Å². The zero-order valence-corrected chi connectivity index (χ0v) is 18.3. The van der Waals surface area contributed by atoms with Crippen molar-refractivity contribution in [2.45, 2.75) is 50.7 Å². The topological polar surface area (TPSA) is 80.2 Å². The molecule has 2 aliphatic rings. The molecular weight excluding hydrogens is 396 g/mol. The Balaban J connectivity index is 1.42. The fourth-order valence-corrected chi connectivity index (χ4v) is 5.50. The van der Waals surface area contributed by atoms with Crippen molar-refractivity contribution in [1.29, 1.82) is 5.53 Å². The Morgan fingerprint density at radius 1 is 1.17 bits per heavy atom. The number of furan rings is 1. The first-order chi connectivity index (χ1) is 14.8. The third-order valence-corrected chi connectivity index (χ3v) is 7.14. The van der Waals surface area contributed by atoms with Gasteiger partial charge in [-0.3, -0.25) is 9.80 Å². The molecule has 1 saturated heterocycles. The largest absolute Gasteiger partial charge is 0.468 e. The van der Waals surface area contributed by atoms with Gasteiger partial charge in [-0.25, -0.2) is 0 Å². The number of nitrogens with zero attached hydrogens (tertiary/aromatic N) is 4. The summed E-state index contributed by atoms with van der Waals surface area (Å²) in [6.45, 7) is 5.46. The molecule has 2 aromatic heterocycles. The van der Waals surface area contributed by atoms with E-state index in [9.17, 15) is 0 Å². The van der Waals surface area contributed by atoms with Crippen LogP contribution in [0.2, 0.25) is 0 Å². The van der Waals surface area contributed by atoms with Crippen LogP contribution in [0.3, 0.4) is 0 Å². The van der Waals surface area contributed by atoms with Crippen LogP contribution in [-0.2, 0) is 6.54 Å². The van der Waals surface area contributed by atoms with Gasteiger partial charge in [0.2, 0.25) is 0 Å².